The molecule has 3 aromatic rings. The van der Waals surface area contributed by atoms with Gasteiger partial charge in [0, 0.05) is 33.8 Å². The molecule has 8 heteroatoms. The molecule has 37 heavy (non-hydrogen) atoms. The number of aromatic nitrogens is 1. The number of thiazole rings is 1. The van der Waals surface area contributed by atoms with Gasteiger partial charge >= 0.3 is 11.9 Å². The average Bonchev–Trinajstić information content (AvgIpc) is 3.38. The fourth-order valence-electron chi connectivity index (χ4n) is 4.72. The minimum atomic E-state index is -0.766. The molecule has 0 radical (unpaired) electrons. The number of nitrogens with zero attached hydrogens (tertiary/aromatic N) is 2. The molecular formula is C29H30N2O5S. The van der Waals surface area contributed by atoms with Crippen molar-refractivity contribution in [3.63, 3.8) is 0 Å². The SMILES string of the molecule is CCOC(=O)C1=C(C)N=C(C)C(C(=O)OCC)C1c1ccccc1-c1nc(-c2ccccc2OC)cs1. The van der Waals surface area contributed by atoms with Gasteiger partial charge < -0.3 is 14.2 Å². The van der Waals surface area contributed by atoms with Crippen molar-refractivity contribution in [3.05, 3.63) is 70.7 Å². The lowest BCUT2D eigenvalue weighted by atomic mass is 9.74. The molecule has 0 spiro atoms. The second-order valence-electron chi connectivity index (χ2n) is 8.51. The number of hydrogen-bond acceptors (Lipinski definition) is 8. The minimum absolute atomic E-state index is 0.214. The van der Waals surface area contributed by atoms with Crippen molar-refractivity contribution in [2.24, 2.45) is 10.9 Å². The molecule has 2 aromatic carbocycles. The Hall–Kier alpha value is -3.78. The van der Waals surface area contributed by atoms with Crippen LogP contribution in [0.3, 0.4) is 0 Å². The van der Waals surface area contributed by atoms with Crippen molar-refractivity contribution in [3.8, 4) is 27.6 Å². The Balaban J connectivity index is 1.88. The number of rotatable bonds is 8. The molecule has 0 saturated heterocycles. The highest BCUT2D eigenvalue weighted by Gasteiger charge is 2.43. The van der Waals surface area contributed by atoms with Gasteiger partial charge in [0.1, 0.15) is 16.7 Å². The van der Waals surface area contributed by atoms with Gasteiger partial charge in [-0.15, -0.1) is 11.3 Å². The first-order chi connectivity index (χ1) is 17.9. The number of para-hydroxylation sites is 1. The first kappa shape index (κ1) is 26.3. The third-order valence-electron chi connectivity index (χ3n) is 6.28. The van der Waals surface area contributed by atoms with Crippen molar-refractivity contribution in [1.82, 2.24) is 4.98 Å². The fourth-order valence-corrected chi connectivity index (χ4v) is 5.59. The van der Waals surface area contributed by atoms with E-state index < -0.39 is 23.8 Å². The van der Waals surface area contributed by atoms with Gasteiger partial charge in [-0.3, -0.25) is 9.79 Å². The molecule has 4 rings (SSSR count). The predicted octanol–water partition coefficient (Wildman–Crippen LogP) is 6.06. The van der Waals surface area contributed by atoms with Crippen LogP contribution in [0.5, 0.6) is 5.75 Å². The lowest BCUT2D eigenvalue weighted by Gasteiger charge is -2.32. The van der Waals surface area contributed by atoms with Crippen LogP contribution < -0.4 is 4.74 Å². The highest BCUT2D eigenvalue weighted by molar-refractivity contribution is 7.13. The van der Waals surface area contributed by atoms with E-state index in [0.29, 0.717) is 17.0 Å². The van der Waals surface area contributed by atoms with E-state index in [9.17, 15) is 9.59 Å². The standard InChI is InChI=1S/C29H30N2O5S/c1-6-35-28(32)24-17(3)30-18(4)25(29(33)36-7-2)26(24)19-12-8-9-13-20(19)27-31-22(16-37-27)21-14-10-11-15-23(21)34-5/h8-16,24,26H,6-7H2,1-5H3. The molecule has 0 fully saturated rings. The number of carbonyl (C=O) groups excluding carboxylic acids is 2. The van der Waals surface area contributed by atoms with Gasteiger partial charge in [0.15, 0.2) is 0 Å². The highest BCUT2D eigenvalue weighted by atomic mass is 32.1. The summed E-state index contributed by atoms with van der Waals surface area (Å²) in [5.41, 5.74) is 4.78. The van der Waals surface area contributed by atoms with E-state index in [1.165, 1.54) is 11.3 Å². The smallest absolute Gasteiger partial charge is 0.336 e. The van der Waals surface area contributed by atoms with Gasteiger partial charge in [0.2, 0.25) is 0 Å². The number of carbonyl (C=O) groups is 2. The van der Waals surface area contributed by atoms with Crippen LogP contribution in [-0.4, -0.2) is 43.0 Å². The maximum Gasteiger partial charge on any atom is 0.336 e. The van der Waals surface area contributed by atoms with Crippen LogP contribution in [0, 0.1) is 5.92 Å². The lowest BCUT2D eigenvalue weighted by molar-refractivity contribution is -0.146. The van der Waals surface area contributed by atoms with Crippen molar-refractivity contribution >= 4 is 29.0 Å². The largest absolute Gasteiger partial charge is 0.496 e. The van der Waals surface area contributed by atoms with Crippen molar-refractivity contribution in [2.75, 3.05) is 20.3 Å². The number of ether oxygens (including phenoxy) is 3. The average molecular weight is 519 g/mol. The van der Waals surface area contributed by atoms with E-state index in [4.69, 9.17) is 19.2 Å². The van der Waals surface area contributed by atoms with Gasteiger partial charge in [-0.25, -0.2) is 9.78 Å². The van der Waals surface area contributed by atoms with Crippen molar-refractivity contribution in [1.29, 1.82) is 0 Å². The molecule has 0 N–H and O–H groups in total. The molecule has 1 aliphatic heterocycles. The monoisotopic (exact) mass is 518 g/mol. The van der Waals surface area contributed by atoms with Crippen molar-refractivity contribution in [2.45, 2.75) is 33.6 Å². The van der Waals surface area contributed by atoms with E-state index in [1.54, 1.807) is 34.8 Å². The van der Waals surface area contributed by atoms with Crippen molar-refractivity contribution < 1.29 is 23.8 Å². The molecule has 0 saturated carbocycles. The van der Waals surface area contributed by atoms with Crippen LogP contribution in [0.2, 0.25) is 0 Å². The number of methoxy groups -OCH3 is 1. The van der Waals surface area contributed by atoms with Crippen LogP contribution in [0.15, 0.2) is 70.2 Å². The Labute approximate surface area is 220 Å². The van der Waals surface area contributed by atoms with E-state index in [0.717, 1.165) is 33.1 Å². The number of esters is 2. The molecule has 2 unspecified atom stereocenters. The van der Waals surface area contributed by atoms with Crippen LogP contribution >= 0.6 is 11.3 Å². The zero-order valence-corrected chi connectivity index (χ0v) is 22.4. The van der Waals surface area contributed by atoms with E-state index in [1.807, 2.05) is 53.9 Å². The maximum absolute atomic E-state index is 13.2. The molecule has 7 nitrogen and oxygen atoms in total. The second-order valence-corrected chi connectivity index (χ2v) is 9.36. The van der Waals surface area contributed by atoms with Gasteiger partial charge in [-0.1, -0.05) is 36.4 Å². The molecule has 0 amide bonds. The van der Waals surface area contributed by atoms with E-state index in [-0.39, 0.29) is 13.2 Å². The Bertz CT molecular complexity index is 1370. The number of aliphatic imine (C=N–C) groups is 1. The zero-order valence-electron chi connectivity index (χ0n) is 21.6. The Morgan fingerprint density at radius 3 is 2.32 bits per heavy atom. The lowest BCUT2D eigenvalue weighted by Crippen LogP contribution is -2.36. The Morgan fingerprint density at radius 1 is 0.946 bits per heavy atom. The summed E-state index contributed by atoms with van der Waals surface area (Å²) in [5.74, 6) is -1.58. The van der Waals surface area contributed by atoms with Gasteiger partial charge in [-0.2, -0.15) is 0 Å². The first-order valence-electron chi connectivity index (χ1n) is 12.2. The van der Waals surface area contributed by atoms with Crippen LogP contribution in [-0.2, 0) is 19.1 Å². The third kappa shape index (κ3) is 5.20. The summed E-state index contributed by atoms with van der Waals surface area (Å²) < 4.78 is 16.4. The maximum atomic E-state index is 13.2. The summed E-state index contributed by atoms with van der Waals surface area (Å²) >= 11 is 1.49. The van der Waals surface area contributed by atoms with E-state index in [2.05, 4.69) is 4.99 Å². The molecule has 2 heterocycles. The molecule has 0 aliphatic carbocycles. The minimum Gasteiger partial charge on any atom is -0.496 e. The highest BCUT2D eigenvalue weighted by Crippen LogP contribution is 2.45. The Kier molecular flexibility index (Phi) is 8.18. The first-order valence-corrected chi connectivity index (χ1v) is 13.1. The summed E-state index contributed by atoms with van der Waals surface area (Å²) in [4.78, 5) is 35.9. The molecule has 2 atom stereocenters. The predicted molar refractivity (Wildman–Crippen MR) is 145 cm³/mol. The molecular weight excluding hydrogens is 488 g/mol. The van der Waals surface area contributed by atoms with E-state index >= 15 is 0 Å². The summed E-state index contributed by atoms with van der Waals surface area (Å²) in [6, 6.07) is 15.4. The van der Waals surface area contributed by atoms with Crippen LogP contribution in [0.25, 0.3) is 21.8 Å². The molecule has 1 aliphatic rings. The second kappa shape index (κ2) is 11.5. The molecule has 192 valence electrons. The third-order valence-corrected chi connectivity index (χ3v) is 7.15. The van der Waals surface area contributed by atoms with Gasteiger partial charge in [0.05, 0.1) is 31.6 Å². The topological polar surface area (TPSA) is 87.1 Å². The summed E-state index contributed by atoms with van der Waals surface area (Å²) in [6.07, 6.45) is 0. The van der Waals surface area contributed by atoms with Crippen LogP contribution in [0.1, 0.15) is 39.2 Å². The van der Waals surface area contributed by atoms with Gasteiger partial charge in [0.25, 0.3) is 0 Å². The summed E-state index contributed by atoms with van der Waals surface area (Å²) in [6.45, 7) is 7.53. The van der Waals surface area contributed by atoms with Crippen LogP contribution in [0.4, 0.5) is 0 Å². The number of benzene rings is 2. The molecule has 0 bridgehead atoms. The summed E-state index contributed by atoms with van der Waals surface area (Å²) in [7, 11) is 1.63. The Morgan fingerprint density at radius 2 is 1.62 bits per heavy atom. The summed E-state index contributed by atoms with van der Waals surface area (Å²) in [5, 5.41) is 2.74. The fraction of sp³-hybridized carbons (Fsp3) is 0.310. The normalized spacial score (nSPS) is 17.3. The zero-order chi connectivity index (χ0) is 26.5. The number of allylic oxidation sites excluding steroid dienone is 1. The van der Waals surface area contributed by atoms with Gasteiger partial charge in [-0.05, 0) is 45.4 Å². The molecule has 1 aromatic heterocycles. The number of hydrogen-bond donors (Lipinski definition) is 0. The quantitative estimate of drug-likeness (QED) is 0.337.